The highest BCUT2D eigenvalue weighted by molar-refractivity contribution is 9.09. The third kappa shape index (κ3) is 4.21. The molecule has 2 atom stereocenters. The molecule has 2 rings (SSSR count). The normalized spacial score (nSPS) is 28.1. The number of morpholine rings is 1. The molecule has 0 radical (unpaired) electrons. The van der Waals surface area contributed by atoms with Crippen LogP contribution in [0.3, 0.4) is 0 Å². The van der Waals surface area contributed by atoms with E-state index in [-0.39, 0.29) is 12.0 Å². The maximum absolute atomic E-state index is 11.6. The zero-order valence-corrected chi connectivity index (χ0v) is 12.5. The number of nitrogens with zero attached hydrogens (tertiary/aromatic N) is 1. The first-order valence-corrected chi connectivity index (χ1v) is 8.10. The van der Waals surface area contributed by atoms with Gasteiger partial charge in [0.2, 0.25) is 5.91 Å². The summed E-state index contributed by atoms with van der Waals surface area (Å²) in [6.45, 7) is 3.68. The molecule has 18 heavy (non-hydrogen) atoms. The van der Waals surface area contributed by atoms with E-state index in [1.807, 2.05) is 0 Å². The van der Waals surface area contributed by atoms with E-state index in [0.717, 1.165) is 31.3 Å². The lowest BCUT2D eigenvalue weighted by molar-refractivity contribution is -0.122. The summed E-state index contributed by atoms with van der Waals surface area (Å²) in [4.78, 5) is 14.1. The second-order valence-electron chi connectivity index (χ2n) is 5.20. The molecule has 1 amide bonds. The Morgan fingerprint density at radius 1 is 1.44 bits per heavy atom. The summed E-state index contributed by atoms with van der Waals surface area (Å²) in [7, 11) is 0. The Morgan fingerprint density at radius 3 is 3.17 bits per heavy atom. The lowest BCUT2D eigenvalue weighted by atomic mass is 10.2. The van der Waals surface area contributed by atoms with Crippen LogP contribution >= 0.6 is 15.9 Å². The summed E-state index contributed by atoms with van der Waals surface area (Å²) in [6.07, 6.45) is 5.38. The minimum atomic E-state index is 0.156. The number of amides is 1. The van der Waals surface area contributed by atoms with Crippen molar-refractivity contribution >= 4 is 21.8 Å². The standard InChI is InChI=1S/C13H23BrN2O2/c14-6-2-1-5-13(17)15-8-12-9-16-7-3-4-11(16)10-18-12/h11-12H,1-10H2,(H,15,17). The fourth-order valence-corrected chi connectivity index (χ4v) is 3.10. The van der Waals surface area contributed by atoms with Gasteiger partial charge < -0.3 is 10.1 Å². The first-order valence-electron chi connectivity index (χ1n) is 6.98. The van der Waals surface area contributed by atoms with Crippen molar-refractivity contribution in [1.82, 2.24) is 10.2 Å². The van der Waals surface area contributed by atoms with Crippen LogP contribution in [-0.2, 0) is 9.53 Å². The smallest absolute Gasteiger partial charge is 0.220 e. The number of rotatable bonds is 6. The van der Waals surface area contributed by atoms with Crippen molar-refractivity contribution in [3.8, 4) is 0 Å². The van der Waals surface area contributed by atoms with Crippen molar-refractivity contribution in [2.75, 3.05) is 31.6 Å². The van der Waals surface area contributed by atoms with Gasteiger partial charge in [0.15, 0.2) is 0 Å². The van der Waals surface area contributed by atoms with E-state index in [1.165, 1.54) is 19.4 Å². The SMILES string of the molecule is O=C(CCCCBr)NCC1CN2CCCC2CO1. The highest BCUT2D eigenvalue weighted by Gasteiger charge is 2.32. The predicted molar refractivity (Wildman–Crippen MR) is 75.0 cm³/mol. The summed E-state index contributed by atoms with van der Waals surface area (Å²) in [5, 5.41) is 3.96. The van der Waals surface area contributed by atoms with Gasteiger partial charge in [0.05, 0.1) is 12.7 Å². The largest absolute Gasteiger partial charge is 0.373 e. The highest BCUT2D eigenvalue weighted by Crippen LogP contribution is 2.22. The second kappa shape index (κ2) is 7.46. The van der Waals surface area contributed by atoms with Crippen LogP contribution in [0.15, 0.2) is 0 Å². The van der Waals surface area contributed by atoms with E-state index in [9.17, 15) is 4.79 Å². The first kappa shape index (κ1) is 14.3. The molecule has 0 spiro atoms. The van der Waals surface area contributed by atoms with Crippen LogP contribution in [0, 0.1) is 0 Å². The van der Waals surface area contributed by atoms with Gasteiger partial charge in [-0.05, 0) is 32.2 Å². The molecule has 0 aromatic heterocycles. The molecule has 4 nitrogen and oxygen atoms in total. The molecule has 2 saturated heterocycles. The molecule has 0 bridgehead atoms. The molecular formula is C13H23BrN2O2. The number of carbonyl (C=O) groups is 1. The average molecular weight is 319 g/mol. The van der Waals surface area contributed by atoms with E-state index in [2.05, 4.69) is 26.1 Å². The van der Waals surface area contributed by atoms with Crippen molar-refractivity contribution in [1.29, 1.82) is 0 Å². The summed E-state index contributed by atoms with van der Waals surface area (Å²) in [6, 6.07) is 0.635. The van der Waals surface area contributed by atoms with Crippen LogP contribution in [0.25, 0.3) is 0 Å². The maximum Gasteiger partial charge on any atom is 0.220 e. The Kier molecular flexibility index (Phi) is 5.92. The fourth-order valence-electron chi connectivity index (χ4n) is 2.71. The van der Waals surface area contributed by atoms with Crippen molar-refractivity contribution < 1.29 is 9.53 Å². The van der Waals surface area contributed by atoms with Crippen LogP contribution in [0.5, 0.6) is 0 Å². The first-order chi connectivity index (χ1) is 8.79. The van der Waals surface area contributed by atoms with Crippen LogP contribution in [0.4, 0.5) is 0 Å². The Labute approximate surface area is 118 Å². The average Bonchev–Trinajstić information content (AvgIpc) is 2.84. The summed E-state index contributed by atoms with van der Waals surface area (Å²) in [5.41, 5.74) is 0. The number of halogens is 1. The number of hydrogen-bond donors (Lipinski definition) is 1. The number of fused-ring (bicyclic) bond motifs is 1. The van der Waals surface area contributed by atoms with E-state index in [4.69, 9.17) is 4.74 Å². The van der Waals surface area contributed by atoms with Gasteiger partial charge in [-0.25, -0.2) is 0 Å². The molecule has 2 aliphatic rings. The molecule has 0 saturated carbocycles. The molecule has 2 fully saturated rings. The van der Waals surface area contributed by atoms with Crippen LogP contribution in [0.2, 0.25) is 0 Å². The highest BCUT2D eigenvalue weighted by atomic mass is 79.9. The number of hydrogen-bond acceptors (Lipinski definition) is 3. The van der Waals surface area contributed by atoms with Gasteiger partial charge in [-0.3, -0.25) is 9.69 Å². The fraction of sp³-hybridized carbons (Fsp3) is 0.923. The topological polar surface area (TPSA) is 41.6 Å². The Balaban J connectivity index is 1.60. The number of ether oxygens (including phenoxy) is 1. The van der Waals surface area contributed by atoms with Gasteiger partial charge in [-0.1, -0.05) is 15.9 Å². The van der Waals surface area contributed by atoms with Crippen molar-refractivity contribution in [3.05, 3.63) is 0 Å². The Bertz CT molecular complexity index is 276. The summed E-state index contributed by atoms with van der Waals surface area (Å²) >= 11 is 3.37. The van der Waals surface area contributed by atoms with Crippen molar-refractivity contribution in [2.24, 2.45) is 0 Å². The predicted octanol–water partition coefficient (Wildman–Crippen LogP) is 1.53. The third-order valence-electron chi connectivity index (χ3n) is 3.78. The van der Waals surface area contributed by atoms with Crippen LogP contribution < -0.4 is 5.32 Å². The lowest BCUT2D eigenvalue weighted by Crippen LogP contribution is -2.50. The zero-order valence-electron chi connectivity index (χ0n) is 10.9. The molecule has 0 aliphatic carbocycles. The van der Waals surface area contributed by atoms with Gasteiger partial charge in [0, 0.05) is 30.9 Å². The minimum absolute atomic E-state index is 0.156. The monoisotopic (exact) mass is 318 g/mol. The van der Waals surface area contributed by atoms with Gasteiger partial charge in [-0.2, -0.15) is 0 Å². The molecule has 2 unspecified atom stereocenters. The second-order valence-corrected chi connectivity index (χ2v) is 5.99. The van der Waals surface area contributed by atoms with E-state index >= 15 is 0 Å². The van der Waals surface area contributed by atoms with E-state index in [0.29, 0.717) is 19.0 Å². The van der Waals surface area contributed by atoms with Crippen molar-refractivity contribution in [2.45, 2.75) is 44.2 Å². The third-order valence-corrected chi connectivity index (χ3v) is 4.34. The lowest BCUT2D eigenvalue weighted by Gasteiger charge is -2.35. The molecule has 0 aromatic carbocycles. The summed E-state index contributed by atoms with van der Waals surface area (Å²) in [5.74, 6) is 0.156. The maximum atomic E-state index is 11.6. The zero-order chi connectivity index (χ0) is 12.8. The summed E-state index contributed by atoms with van der Waals surface area (Å²) < 4.78 is 5.80. The van der Waals surface area contributed by atoms with Crippen molar-refractivity contribution in [3.63, 3.8) is 0 Å². The van der Waals surface area contributed by atoms with Gasteiger partial charge in [0.1, 0.15) is 0 Å². The number of nitrogens with one attached hydrogen (secondary N) is 1. The molecule has 0 aromatic rings. The molecule has 104 valence electrons. The van der Waals surface area contributed by atoms with E-state index in [1.54, 1.807) is 0 Å². The van der Waals surface area contributed by atoms with Crippen LogP contribution in [-0.4, -0.2) is 54.5 Å². The molecule has 2 heterocycles. The Morgan fingerprint density at radius 2 is 2.33 bits per heavy atom. The minimum Gasteiger partial charge on any atom is -0.373 e. The number of unbranched alkanes of at least 4 members (excludes halogenated alkanes) is 1. The Hall–Kier alpha value is -0.130. The molecule has 2 aliphatic heterocycles. The van der Waals surface area contributed by atoms with Gasteiger partial charge in [-0.15, -0.1) is 0 Å². The van der Waals surface area contributed by atoms with Gasteiger partial charge >= 0.3 is 0 Å². The number of alkyl halides is 1. The quantitative estimate of drug-likeness (QED) is 0.596. The van der Waals surface area contributed by atoms with Gasteiger partial charge in [0.25, 0.3) is 0 Å². The number of carbonyl (C=O) groups excluding carboxylic acids is 1. The van der Waals surface area contributed by atoms with Crippen LogP contribution in [0.1, 0.15) is 32.1 Å². The van der Waals surface area contributed by atoms with E-state index < -0.39 is 0 Å². The molecular weight excluding hydrogens is 296 g/mol. The molecule has 5 heteroatoms. The molecule has 1 N–H and O–H groups in total.